The van der Waals surface area contributed by atoms with Gasteiger partial charge in [-0.05, 0) is 79.6 Å². The normalized spacial score (nSPS) is 20.4. The molecule has 2 aliphatic rings. The van der Waals surface area contributed by atoms with Crippen LogP contribution in [0.1, 0.15) is 53.4 Å². The van der Waals surface area contributed by atoms with E-state index >= 15 is 0 Å². The summed E-state index contributed by atoms with van der Waals surface area (Å²) >= 11 is 0. The smallest absolute Gasteiger partial charge is 0.215 e. The van der Waals surface area contributed by atoms with Crippen molar-refractivity contribution in [2.45, 2.75) is 77.5 Å². The van der Waals surface area contributed by atoms with Crippen molar-refractivity contribution in [1.29, 1.82) is 0 Å². The van der Waals surface area contributed by atoms with Gasteiger partial charge in [0.25, 0.3) is 0 Å². The van der Waals surface area contributed by atoms with Crippen molar-refractivity contribution < 1.29 is 16.8 Å². The molecule has 10 nitrogen and oxygen atoms in total. The first-order valence-corrected chi connectivity index (χ1v) is 15.8. The second kappa shape index (κ2) is 14.4. The summed E-state index contributed by atoms with van der Waals surface area (Å²) in [6.07, 6.45) is 3.66. The number of hydrogen-bond donors (Lipinski definition) is 2. The molecule has 2 heterocycles. The van der Waals surface area contributed by atoms with Crippen LogP contribution in [0.4, 0.5) is 0 Å². The molecule has 4 N–H and O–H groups in total. The highest BCUT2D eigenvalue weighted by atomic mass is 32.2. The predicted octanol–water partition coefficient (Wildman–Crippen LogP) is 0.159. The lowest BCUT2D eigenvalue weighted by Crippen LogP contribution is -2.48. The van der Waals surface area contributed by atoms with Crippen LogP contribution >= 0.6 is 0 Å². The van der Waals surface area contributed by atoms with Crippen molar-refractivity contribution in [2.75, 3.05) is 64.9 Å². The molecule has 2 rings (SSSR count). The minimum Gasteiger partial charge on any atom is -0.329 e. The fraction of sp³-hybridized carbons (Fsp3) is 1.00. The molecule has 2 saturated heterocycles. The Hall–Kier alpha value is -0.340. The number of hydrogen-bond acceptors (Lipinski definition) is 8. The molecule has 0 saturated carbocycles. The van der Waals surface area contributed by atoms with E-state index in [1.807, 2.05) is 0 Å². The molecule has 0 aromatic carbocycles. The van der Waals surface area contributed by atoms with Crippen molar-refractivity contribution >= 4 is 20.0 Å². The summed E-state index contributed by atoms with van der Waals surface area (Å²) in [6, 6.07) is 1.37. The molecule has 0 atom stereocenters. The van der Waals surface area contributed by atoms with E-state index in [-0.39, 0.29) is 36.7 Å². The monoisotopic (exact) mass is 526 g/mol. The molecule has 0 aliphatic carbocycles. The molecule has 204 valence electrons. The fourth-order valence-electron chi connectivity index (χ4n) is 4.57. The first kappa shape index (κ1) is 31.7. The van der Waals surface area contributed by atoms with Crippen molar-refractivity contribution in [1.82, 2.24) is 18.4 Å². The Morgan fingerprint density at radius 2 is 0.941 bits per heavy atom. The summed E-state index contributed by atoms with van der Waals surface area (Å²) in [5.41, 5.74) is 10.7. The summed E-state index contributed by atoms with van der Waals surface area (Å²) in [5.74, 6) is 0.0990. The lowest BCUT2D eigenvalue weighted by atomic mass is 10.0. The third kappa shape index (κ3) is 9.61. The van der Waals surface area contributed by atoms with Crippen molar-refractivity contribution in [2.24, 2.45) is 11.5 Å². The molecule has 2 fully saturated rings. The van der Waals surface area contributed by atoms with Gasteiger partial charge in [0.15, 0.2) is 0 Å². The van der Waals surface area contributed by atoms with Crippen LogP contribution in [0.15, 0.2) is 0 Å². The molecular weight excluding hydrogens is 476 g/mol. The van der Waals surface area contributed by atoms with Crippen LogP contribution in [0.5, 0.6) is 0 Å². The molecule has 0 spiro atoms. The van der Waals surface area contributed by atoms with Gasteiger partial charge in [-0.1, -0.05) is 0 Å². The maximum atomic E-state index is 11.9. The molecule has 0 aromatic heterocycles. The van der Waals surface area contributed by atoms with Gasteiger partial charge < -0.3 is 21.3 Å². The van der Waals surface area contributed by atoms with Crippen LogP contribution in [-0.2, 0) is 20.0 Å². The largest absolute Gasteiger partial charge is 0.329 e. The predicted molar refractivity (Wildman–Crippen MR) is 141 cm³/mol. The lowest BCUT2D eigenvalue weighted by molar-refractivity contribution is 0.140. The van der Waals surface area contributed by atoms with E-state index < -0.39 is 20.0 Å². The van der Waals surface area contributed by atoms with Gasteiger partial charge in [-0.2, -0.15) is 0 Å². The Morgan fingerprint density at radius 1 is 0.676 bits per heavy atom. The maximum absolute atomic E-state index is 11.9. The van der Waals surface area contributed by atoms with Gasteiger partial charge in [0.2, 0.25) is 20.0 Å². The van der Waals surface area contributed by atoms with E-state index in [1.54, 1.807) is 14.1 Å². The zero-order valence-corrected chi connectivity index (χ0v) is 23.8. The van der Waals surface area contributed by atoms with Gasteiger partial charge in [0, 0.05) is 51.4 Å². The highest BCUT2D eigenvalue weighted by molar-refractivity contribution is 7.89. The molecule has 0 radical (unpaired) electrons. The second-order valence-electron chi connectivity index (χ2n) is 9.96. The van der Waals surface area contributed by atoms with Gasteiger partial charge in [-0.15, -0.1) is 0 Å². The molecule has 0 aromatic rings. The average molecular weight is 527 g/mol. The van der Waals surface area contributed by atoms with E-state index in [9.17, 15) is 16.8 Å². The summed E-state index contributed by atoms with van der Waals surface area (Å²) in [6.45, 7) is 13.0. The number of nitrogens with zero attached hydrogens (tertiary/aromatic N) is 4. The SMILES string of the molecule is CC(C)N1CCC(N(C)S(=O)(=O)CCN)CC1.CC(C)N1CCC(N(C)S(=O)(=O)CCN)CC1. The van der Waals surface area contributed by atoms with Crippen LogP contribution in [-0.4, -0.2) is 124 Å². The number of sulfonamides is 2. The number of rotatable bonds is 10. The van der Waals surface area contributed by atoms with E-state index in [4.69, 9.17) is 11.5 Å². The molecule has 0 bridgehead atoms. The Balaban J connectivity index is 0.000000340. The Morgan fingerprint density at radius 3 is 1.15 bits per heavy atom. The van der Waals surface area contributed by atoms with Crippen LogP contribution in [0, 0.1) is 0 Å². The molecule has 0 amide bonds. The van der Waals surface area contributed by atoms with Gasteiger partial charge in [0.1, 0.15) is 0 Å². The van der Waals surface area contributed by atoms with Gasteiger partial charge in [-0.3, -0.25) is 0 Å². The highest BCUT2D eigenvalue weighted by Gasteiger charge is 2.30. The second-order valence-corrected chi connectivity index (χ2v) is 14.3. The average Bonchev–Trinajstić information content (AvgIpc) is 2.78. The van der Waals surface area contributed by atoms with E-state index in [0.29, 0.717) is 12.1 Å². The number of nitrogens with two attached hydrogens (primary N) is 2. The standard InChI is InChI=1S/2C11H25N3O2S/c2*1-10(2)14-7-4-11(5-8-14)13(3)17(15,16)9-6-12/h2*10-11H,4-9,12H2,1-3H3. The molecule has 2 aliphatic heterocycles. The molecule has 12 heteroatoms. The Bertz CT molecular complexity index is 709. The third-order valence-electron chi connectivity index (χ3n) is 7.12. The first-order valence-electron chi connectivity index (χ1n) is 12.6. The summed E-state index contributed by atoms with van der Waals surface area (Å²) in [4.78, 5) is 4.78. The van der Waals surface area contributed by atoms with Crippen molar-refractivity contribution in [3.8, 4) is 0 Å². The minimum absolute atomic E-state index is 0.0495. The highest BCUT2D eigenvalue weighted by Crippen LogP contribution is 2.20. The van der Waals surface area contributed by atoms with Gasteiger partial charge in [-0.25, -0.2) is 25.4 Å². The summed E-state index contributed by atoms with van der Waals surface area (Å²) in [5, 5.41) is 0. The summed E-state index contributed by atoms with van der Waals surface area (Å²) < 4.78 is 50.6. The topological polar surface area (TPSA) is 133 Å². The van der Waals surface area contributed by atoms with Crippen molar-refractivity contribution in [3.05, 3.63) is 0 Å². The van der Waals surface area contributed by atoms with E-state index in [0.717, 1.165) is 51.9 Å². The third-order valence-corrected chi connectivity index (χ3v) is 11.0. The van der Waals surface area contributed by atoms with Crippen LogP contribution in [0.2, 0.25) is 0 Å². The van der Waals surface area contributed by atoms with Crippen molar-refractivity contribution in [3.63, 3.8) is 0 Å². The lowest BCUT2D eigenvalue weighted by Gasteiger charge is -2.37. The Labute approximate surface area is 209 Å². The van der Waals surface area contributed by atoms with Crippen LogP contribution in [0.25, 0.3) is 0 Å². The fourth-order valence-corrected chi connectivity index (χ4v) is 7.07. The minimum atomic E-state index is -3.16. The van der Waals surface area contributed by atoms with Crippen LogP contribution < -0.4 is 11.5 Å². The zero-order valence-electron chi connectivity index (χ0n) is 22.2. The number of likely N-dealkylation sites (tertiary alicyclic amines) is 2. The molecule has 34 heavy (non-hydrogen) atoms. The van der Waals surface area contributed by atoms with Crippen LogP contribution in [0.3, 0.4) is 0 Å². The maximum Gasteiger partial charge on any atom is 0.215 e. The molecular formula is C22H50N6O4S2. The van der Waals surface area contributed by atoms with Gasteiger partial charge in [0.05, 0.1) is 11.5 Å². The number of piperidine rings is 2. The summed E-state index contributed by atoms with van der Waals surface area (Å²) in [7, 11) is -2.95. The van der Waals surface area contributed by atoms with Gasteiger partial charge >= 0.3 is 0 Å². The first-order chi connectivity index (χ1) is 15.8. The zero-order chi connectivity index (χ0) is 26.1. The van der Waals surface area contributed by atoms with E-state index in [2.05, 4.69) is 37.5 Å². The Kier molecular flexibility index (Phi) is 13.4. The quantitative estimate of drug-likeness (QED) is 0.411. The molecule has 0 unspecified atom stereocenters. The van der Waals surface area contributed by atoms with E-state index in [1.165, 1.54) is 8.61 Å².